The molecule has 3 N–H and O–H groups in total. The maximum atomic E-state index is 12.1. The van der Waals surface area contributed by atoms with Crippen molar-refractivity contribution in [1.82, 2.24) is 15.5 Å². The monoisotopic (exact) mass is 362 g/mol. The fourth-order valence-corrected chi connectivity index (χ4v) is 2.43. The molecular formula is C18H26N4O4. The van der Waals surface area contributed by atoms with Crippen LogP contribution in [0.25, 0.3) is 0 Å². The van der Waals surface area contributed by atoms with Crippen LogP contribution in [0.1, 0.15) is 26.3 Å². The molecule has 0 radical (unpaired) electrons. The smallest absolute Gasteiger partial charge is 0.410 e. The Hall–Kier alpha value is -2.77. The van der Waals surface area contributed by atoms with Crippen LogP contribution in [0.3, 0.4) is 0 Å². The molecule has 0 saturated carbocycles. The molecule has 1 fully saturated rings. The molecule has 1 aliphatic rings. The second kappa shape index (κ2) is 9.07. The Morgan fingerprint density at radius 2 is 2.04 bits per heavy atom. The van der Waals surface area contributed by atoms with Gasteiger partial charge in [0.05, 0.1) is 6.54 Å². The number of hydrogen-bond donors (Lipinski definition) is 3. The molecule has 8 heteroatoms. The van der Waals surface area contributed by atoms with Gasteiger partial charge in [-0.25, -0.2) is 9.59 Å². The lowest BCUT2D eigenvalue weighted by Crippen LogP contribution is -2.46. The number of rotatable bonds is 7. The summed E-state index contributed by atoms with van der Waals surface area (Å²) in [5.74, 6) is -0.109. The number of benzene rings is 1. The zero-order chi connectivity index (χ0) is 19.1. The average Bonchev–Trinajstić information content (AvgIpc) is 2.98. The Morgan fingerprint density at radius 3 is 2.69 bits per heavy atom. The van der Waals surface area contributed by atoms with Gasteiger partial charge in [-0.3, -0.25) is 10.1 Å². The summed E-state index contributed by atoms with van der Waals surface area (Å²) in [5.41, 5.74) is 1.66. The van der Waals surface area contributed by atoms with Crippen molar-refractivity contribution in [1.29, 1.82) is 0 Å². The Labute approximate surface area is 153 Å². The molecule has 0 aromatic heterocycles. The highest BCUT2D eigenvalue weighted by Crippen LogP contribution is 2.16. The fourth-order valence-electron chi connectivity index (χ4n) is 2.43. The van der Waals surface area contributed by atoms with E-state index in [9.17, 15) is 14.4 Å². The number of anilines is 1. The molecule has 8 nitrogen and oxygen atoms in total. The highest BCUT2D eigenvalue weighted by Gasteiger charge is 2.22. The molecule has 1 heterocycles. The van der Waals surface area contributed by atoms with E-state index in [4.69, 9.17) is 4.74 Å². The molecule has 4 amide bonds. The second-order valence-corrected chi connectivity index (χ2v) is 6.70. The van der Waals surface area contributed by atoms with Crippen molar-refractivity contribution in [2.75, 3.05) is 25.0 Å². The number of cyclic esters (lactones) is 1. The van der Waals surface area contributed by atoms with Crippen molar-refractivity contribution in [3.05, 3.63) is 29.8 Å². The molecule has 1 aromatic carbocycles. The van der Waals surface area contributed by atoms with Crippen molar-refractivity contribution in [2.24, 2.45) is 5.92 Å². The summed E-state index contributed by atoms with van der Waals surface area (Å²) in [5, 5.41) is 8.01. The summed E-state index contributed by atoms with van der Waals surface area (Å²) in [6.45, 7) is 7.56. The van der Waals surface area contributed by atoms with Crippen LogP contribution in [0, 0.1) is 5.92 Å². The van der Waals surface area contributed by atoms with Gasteiger partial charge in [-0.1, -0.05) is 26.0 Å². The van der Waals surface area contributed by atoms with E-state index in [2.05, 4.69) is 16.0 Å². The minimum atomic E-state index is -0.591. The van der Waals surface area contributed by atoms with Gasteiger partial charge < -0.3 is 20.3 Å². The Balaban J connectivity index is 1.86. The third-order valence-corrected chi connectivity index (χ3v) is 3.83. The fraction of sp³-hybridized carbons (Fsp3) is 0.500. The van der Waals surface area contributed by atoms with Crippen LogP contribution in [0.2, 0.25) is 0 Å². The Bertz CT molecular complexity index is 662. The van der Waals surface area contributed by atoms with Gasteiger partial charge >= 0.3 is 12.1 Å². The number of nitrogens with zero attached hydrogens (tertiary/aromatic N) is 1. The minimum absolute atomic E-state index is 0.307. The number of urea groups is 1. The minimum Gasteiger partial charge on any atom is -0.448 e. The number of ether oxygens (including phenoxy) is 1. The lowest BCUT2D eigenvalue weighted by atomic mass is 10.1. The highest BCUT2D eigenvalue weighted by atomic mass is 16.6. The number of amides is 4. The molecule has 0 spiro atoms. The molecule has 1 atom stereocenters. The van der Waals surface area contributed by atoms with Gasteiger partial charge in [0.25, 0.3) is 0 Å². The van der Waals surface area contributed by atoms with E-state index < -0.39 is 18.0 Å². The number of carbonyl (C=O) groups excluding carboxylic acids is 3. The van der Waals surface area contributed by atoms with Crippen molar-refractivity contribution in [3.63, 3.8) is 0 Å². The van der Waals surface area contributed by atoms with E-state index in [1.807, 2.05) is 38.1 Å². The Morgan fingerprint density at radius 1 is 1.27 bits per heavy atom. The van der Waals surface area contributed by atoms with Crippen molar-refractivity contribution in [3.8, 4) is 0 Å². The lowest BCUT2D eigenvalue weighted by Gasteiger charge is -2.17. The predicted octanol–water partition coefficient (Wildman–Crippen LogP) is 1.92. The van der Waals surface area contributed by atoms with Crippen LogP contribution < -0.4 is 16.0 Å². The van der Waals surface area contributed by atoms with E-state index in [1.165, 1.54) is 0 Å². The van der Waals surface area contributed by atoms with Crippen molar-refractivity contribution < 1.29 is 19.1 Å². The third kappa shape index (κ3) is 5.94. The standard InChI is InChI=1S/C18H26N4O4/c1-12(2)10-19-17(24)21-16(23)13(3)20-15-6-4-5-14(9-15)11-22-7-8-26-18(22)25/h4-6,9,12-13,20H,7-8,10-11H2,1-3H3,(H2,19,21,23,24)/t13-/m0/s1. The van der Waals surface area contributed by atoms with E-state index >= 15 is 0 Å². The first-order valence-corrected chi connectivity index (χ1v) is 8.71. The molecule has 0 unspecified atom stereocenters. The van der Waals surface area contributed by atoms with E-state index in [0.29, 0.717) is 32.2 Å². The van der Waals surface area contributed by atoms with E-state index in [1.54, 1.807) is 11.8 Å². The van der Waals surface area contributed by atoms with E-state index in [-0.39, 0.29) is 6.09 Å². The van der Waals surface area contributed by atoms with Crippen LogP contribution in [0.15, 0.2) is 24.3 Å². The van der Waals surface area contributed by atoms with Crippen LogP contribution in [0.5, 0.6) is 0 Å². The first-order chi connectivity index (χ1) is 12.3. The summed E-state index contributed by atoms with van der Waals surface area (Å²) in [6.07, 6.45) is -0.316. The quantitative estimate of drug-likeness (QED) is 0.688. The van der Waals surface area contributed by atoms with Crippen molar-refractivity contribution in [2.45, 2.75) is 33.4 Å². The number of hydrogen-bond acceptors (Lipinski definition) is 5. The summed E-state index contributed by atoms with van der Waals surface area (Å²) < 4.78 is 4.92. The van der Waals surface area contributed by atoms with Crippen LogP contribution >= 0.6 is 0 Å². The summed E-state index contributed by atoms with van der Waals surface area (Å²) in [7, 11) is 0. The average molecular weight is 362 g/mol. The molecule has 0 aliphatic carbocycles. The SMILES string of the molecule is CC(C)CNC(=O)NC(=O)[C@H](C)Nc1cccc(CN2CCOC2=O)c1. The molecular weight excluding hydrogens is 336 g/mol. The molecule has 1 aliphatic heterocycles. The number of carbonyl (C=O) groups is 3. The van der Waals surface area contributed by atoms with Gasteiger partial charge in [0.1, 0.15) is 12.6 Å². The van der Waals surface area contributed by atoms with E-state index in [0.717, 1.165) is 11.3 Å². The third-order valence-electron chi connectivity index (χ3n) is 3.83. The number of imide groups is 1. The lowest BCUT2D eigenvalue weighted by molar-refractivity contribution is -0.120. The number of nitrogens with one attached hydrogen (secondary N) is 3. The maximum absolute atomic E-state index is 12.1. The maximum Gasteiger partial charge on any atom is 0.410 e. The molecule has 1 aromatic rings. The highest BCUT2D eigenvalue weighted by molar-refractivity contribution is 5.97. The normalized spacial score (nSPS) is 14.8. The van der Waals surface area contributed by atoms with Crippen LogP contribution in [-0.2, 0) is 16.1 Å². The summed E-state index contributed by atoms with van der Waals surface area (Å²) >= 11 is 0. The van der Waals surface area contributed by atoms with Gasteiger partial charge in [-0.05, 0) is 30.5 Å². The van der Waals surface area contributed by atoms with Gasteiger partial charge in [0, 0.05) is 18.8 Å². The zero-order valence-electron chi connectivity index (χ0n) is 15.4. The van der Waals surface area contributed by atoms with Gasteiger partial charge in [0.2, 0.25) is 5.91 Å². The molecule has 0 bridgehead atoms. The first-order valence-electron chi connectivity index (χ1n) is 8.71. The van der Waals surface area contributed by atoms with Crippen LogP contribution in [-0.4, -0.2) is 48.7 Å². The van der Waals surface area contributed by atoms with Gasteiger partial charge in [0.15, 0.2) is 0 Å². The van der Waals surface area contributed by atoms with Crippen LogP contribution in [0.4, 0.5) is 15.3 Å². The second-order valence-electron chi connectivity index (χ2n) is 6.70. The Kier molecular flexibility index (Phi) is 6.82. The molecule has 26 heavy (non-hydrogen) atoms. The zero-order valence-corrected chi connectivity index (χ0v) is 15.4. The summed E-state index contributed by atoms with van der Waals surface area (Å²) in [4.78, 5) is 36.9. The largest absolute Gasteiger partial charge is 0.448 e. The molecule has 2 rings (SSSR count). The van der Waals surface area contributed by atoms with Gasteiger partial charge in [-0.15, -0.1) is 0 Å². The molecule has 1 saturated heterocycles. The van der Waals surface area contributed by atoms with Gasteiger partial charge in [-0.2, -0.15) is 0 Å². The topological polar surface area (TPSA) is 99.8 Å². The first kappa shape index (κ1) is 19.6. The predicted molar refractivity (Wildman–Crippen MR) is 97.7 cm³/mol. The molecule has 142 valence electrons. The van der Waals surface area contributed by atoms with Crippen molar-refractivity contribution >= 4 is 23.7 Å². The summed E-state index contributed by atoms with van der Waals surface area (Å²) in [6, 6.07) is 6.35.